The van der Waals surface area contributed by atoms with E-state index in [4.69, 9.17) is 5.73 Å². The smallest absolute Gasteiger partial charge is 0.282 e. The maximum absolute atomic E-state index is 11.6. The number of rotatable bonds is 3. The highest BCUT2D eigenvalue weighted by atomic mass is 32.1. The fourth-order valence-corrected chi connectivity index (χ4v) is 2.18. The molecule has 2 rings (SSSR count). The number of amides is 1. The molecule has 6 heteroatoms. The highest BCUT2D eigenvalue weighted by Crippen LogP contribution is 2.39. The van der Waals surface area contributed by atoms with E-state index < -0.39 is 0 Å². The van der Waals surface area contributed by atoms with Crippen molar-refractivity contribution in [2.75, 3.05) is 12.3 Å². The van der Waals surface area contributed by atoms with E-state index in [1.807, 2.05) is 0 Å². The predicted molar refractivity (Wildman–Crippen MR) is 58.6 cm³/mol. The summed E-state index contributed by atoms with van der Waals surface area (Å²) in [5.41, 5.74) is 5.68. The van der Waals surface area contributed by atoms with Crippen LogP contribution in [0.5, 0.6) is 0 Å². The molecule has 0 bridgehead atoms. The summed E-state index contributed by atoms with van der Waals surface area (Å²) in [6.45, 7) is 2.90. The minimum atomic E-state index is -0.169. The van der Waals surface area contributed by atoms with E-state index in [2.05, 4.69) is 22.4 Å². The molecule has 1 aliphatic carbocycles. The Morgan fingerprint density at radius 1 is 1.60 bits per heavy atom. The second-order valence-electron chi connectivity index (χ2n) is 4.29. The third kappa shape index (κ3) is 2.26. The lowest BCUT2D eigenvalue weighted by atomic mass is 9.70. The van der Waals surface area contributed by atoms with Gasteiger partial charge in [0, 0.05) is 6.54 Å². The van der Waals surface area contributed by atoms with Gasteiger partial charge in [-0.2, -0.15) is 0 Å². The molecule has 0 aromatic carbocycles. The molecule has 1 saturated carbocycles. The van der Waals surface area contributed by atoms with Crippen LogP contribution >= 0.6 is 11.3 Å². The van der Waals surface area contributed by atoms with E-state index in [0.29, 0.717) is 16.7 Å². The summed E-state index contributed by atoms with van der Waals surface area (Å²) in [6, 6.07) is 0. The standard InChI is InChI=1S/C9H14N4OS/c1-9(3-2-4-9)5-11-6(14)7-12-13-8(10)15-7/h2-5H2,1H3,(H2,10,13)(H,11,14). The van der Waals surface area contributed by atoms with Crippen LogP contribution < -0.4 is 11.1 Å². The summed E-state index contributed by atoms with van der Waals surface area (Å²) in [5, 5.41) is 10.8. The molecule has 15 heavy (non-hydrogen) atoms. The van der Waals surface area contributed by atoms with Gasteiger partial charge in [-0.1, -0.05) is 24.7 Å². The summed E-state index contributed by atoms with van der Waals surface area (Å²) < 4.78 is 0. The zero-order valence-electron chi connectivity index (χ0n) is 8.62. The van der Waals surface area contributed by atoms with Crippen molar-refractivity contribution in [1.82, 2.24) is 15.5 Å². The van der Waals surface area contributed by atoms with Crippen molar-refractivity contribution in [3.8, 4) is 0 Å². The second kappa shape index (κ2) is 3.77. The number of aromatic nitrogens is 2. The van der Waals surface area contributed by atoms with Crippen LogP contribution in [0.4, 0.5) is 5.13 Å². The lowest BCUT2D eigenvalue weighted by molar-refractivity contribution is 0.0889. The molecule has 1 heterocycles. The van der Waals surface area contributed by atoms with Crippen LogP contribution in [0.3, 0.4) is 0 Å². The van der Waals surface area contributed by atoms with E-state index in [9.17, 15) is 4.79 Å². The van der Waals surface area contributed by atoms with E-state index in [1.54, 1.807) is 0 Å². The Morgan fingerprint density at radius 2 is 2.33 bits per heavy atom. The molecule has 5 nitrogen and oxygen atoms in total. The van der Waals surface area contributed by atoms with Crippen LogP contribution in [-0.4, -0.2) is 22.6 Å². The third-order valence-electron chi connectivity index (χ3n) is 2.87. The third-order valence-corrected chi connectivity index (χ3v) is 3.62. The number of carbonyl (C=O) groups is 1. The van der Waals surface area contributed by atoms with Crippen molar-refractivity contribution < 1.29 is 4.79 Å². The van der Waals surface area contributed by atoms with E-state index in [-0.39, 0.29) is 11.3 Å². The molecular formula is C9H14N4OS. The van der Waals surface area contributed by atoms with Gasteiger partial charge in [0.25, 0.3) is 5.91 Å². The quantitative estimate of drug-likeness (QED) is 0.807. The van der Waals surface area contributed by atoms with Crippen molar-refractivity contribution >= 4 is 22.4 Å². The normalized spacial score (nSPS) is 18.2. The topological polar surface area (TPSA) is 80.9 Å². The molecule has 1 aromatic heterocycles. The number of nitrogens with one attached hydrogen (secondary N) is 1. The maximum atomic E-state index is 11.6. The van der Waals surface area contributed by atoms with Crippen LogP contribution in [0, 0.1) is 5.41 Å². The van der Waals surface area contributed by atoms with Crippen molar-refractivity contribution in [2.24, 2.45) is 5.41 Å². The first-order valence-electron chi connectivity index (χ1n) is 4.96. The van der Waals surface area contributed by atoms with E-state index in [1.165, 1.54) is 19.3 Å². The van der Waals surface area contributed by atoms with Crippen LogP contribution in [0.2, 0.25) is 0 Å². The molecule has 1 aromatic rings. The molecular weight excluding hydrogens is 212 g/mol. The Kier molecular flexibility index (Phi) is 2.60. The van der Waals surface area contributed by atoms with Gasteiger partial charge in [0.15, 0.2) is 0 Å². The summed E-state index contributed by atoms with van der Waals surface area (Å²) in [6.07, 6.45) is 3.63. The van der Waals surface area contributed by atoms with Gasteiger partial charge in [0.05, 0.1) is 0 Å². The van der Waals surface area contributed by atoms with E-state index >= 15 is 0 Å². The van der Waals surface area contributed by atoms with Gasteiger partial charge >= 0.3 is 0 Å². The lowest BCUT2D eigenvalue weighted by Crippen LogP contribution is -2.39. The molecule has 0 unspecified atom stereocenters. The summed E-state index contributed by atoms with van der Waals surface area (Å²) in [5.74, 6) is -0.169. The van der Waals surface area contributed by atoms with Crippen LogP contribution in [0.25, 0.3) is 0 Å². The van der Waals surface area contributed by atoms with Gasteiger partial charge in [-0.3, -0.25) is 4.79 Å². The Labute approximate surface area is 92.1 Å². The van der Waals surface area contributed by atoms with Gasteiger partial charge < -0.3 is 11.1 Å². The van der Waals surface area contributed by atoms with Crippen LogP contribution in [0.15, 0.2) is 0 Å². The number of nitrogen functional groups attached to an aromatic ring is 1. The van der Waals surface area contributed by atoms with Crippen molar-refractivity contribution in [3.05, 3.63) is 5.01 Å². The summed E-state index contributed by atoms with van der Waals surface area (Å²) >= 11 is 1.12. The zero-order valence-corrected chi connectivity index (χ0v) is 9.43. The molecule has 0 saturated heterocycles. The Bertz CT molecular complexity index is 372. The largest absolute Gasteiger partial charge is 0.374 e. The Hall–Kier alpha value is -1.17. The van der Waals surface area contributed by atoms with Crippen LogP contribution in [0.1, 0.15) is 36.0 Å². The van der Waals surface area contributed by atoms with E-state index in [0.717, 1.165) is 11.3 Å². The minimum absolute atomic E-state index is 0.169. The van der Waals surface area contributed by atoms with Gasteiger partial charge in [-0.15, -0.1) is 10.2 Å². The van der Waals surface area contributed by atoms with Crippen molar-refractivity contribution in [1.29, 1.82) is 0 Å². The molecule has 0 spiro atoms. The maximum Gasteiger partial charge on any atom is 0.282 e. The first-order valence-corrected chi connectivity index (χ1v) is 5.78. The predicted octanol–water partition coefficient (Wildman–Crippen LogP) is 1.04. The molecule has 0 radical (unpaired) electrons. The molecule has 1 fully saturated rings. The second-order valence-corrected chi connectivity index (χ2v) is 5.30. The van der Waals surface area contributed by atoms with Crippen LogP contribution in [-0.2, 0) is 0 Å². The molecule has 3 N–H and O–H groups in total. The molecule has 1 aliphatic rings. The number of nitrogens with zero attached hydrogens (tertiary/aromatic N) is 2. The van der Waals surface area contributed by atoms with Gasteiger partial charge in [0.2, 0.25) is 10.1 Å². The first kappa shape index (κ1) is 10.4. The SMILES string of the molecule is CC1(CNC(=O)c2nnc(N)s2)CCC1. The first-order chi connectivity index (χ1) is 7.09. The molecule has 0 atom stereocenters. The highest BCUT2D eigenvalue weighted by molar-refractivity contribution is 7.16. The zero-order chi connectivity index (χ0) is 10.9. The highest BCUT2D eigenvalue weighted by Gasteiger charge is 2.32. The number of carbonyl (C=O) groups excluding carboxylic acids is 1. The van der Waals surface area contributed by atoms with Crippen molar-refractivity contribution in [3.63, 3.8) is 0 Å². The van der Waals surface area contributed by atoms with Gasteiger partial charge in [-0.25, -0.2) is 0 Å². The van der Waals surface area contributed by atoms with Crippen molar-refractivity contribution in [2.45, 2.75) is 26.2 Å². The average Bonchev–Trinajstić information content (AvgIpc) is 2.58. The average molecular weight is 226 g/mol. The minimum Gasteiger partial charge on any atom is -0.374 e. The van der Waals surface area contributed by atoms with Gasteiger partial charge in [0.1, 0.15) is 0 Å². The number of hydrogen-bond donors (Lipinski definition) is 2. The Morgan fingerprint density at radius 3 is 2.80 bits per heavy atom. The summed E-state index contributed by atoms with van der Waals surface area (Å²) in [7, 11) is 0. The summed E-state index contributed by atoms with van der Waals surface area (Å²) in [4.78, 5) is 11.6. The number of hydrogen-bond acceptors (Lipinski definition) is 5. The van der Waals surface area contributed by atoms with Gasteiger partial charge in [-0.05, 0) is 18.3 Å². The fraction of sp³-hybridized carbons (Fsp3) is 0.667. The monoisotopic (exact) mass is 226 g/mol. The molecule has 1 amide bonds. The fourth-order valence-electron chi connectivity index (χ4n) is 1.65. The lowest BCUT2D eigenvalue weighted by Gasteiger charge is -2.38. The molecule has 82 valence electrons. The Balaban J connectivity index is 1.87. The number of nitrogens with two attached hydrogens (primary N) is 1. The molecule has 0 aliphatic heterocycles. The number of anilines is 1.